The molecule has 0 saturated heterocycles. The molecule has 0 amide bonds. The van der Waals surface area contributed by atoms with Crippen molar-refractivity contribution in [2.45, 2.75) is 19.5 Å². The first-order valence-corrected chi connectivity index (χ1v) is 6.20. The van der Waals surface area contributed by atoms with Crippen LogP contribution in [0.1, 0.15) is 13.8 Å². The van der Waals surface area contributed by atoms with E-state index in [9.17, 15) is 0 Å². The second-order valence-electron chi connectivity index (χ2n) is 3.23. The molecule has 0 aromatic rings. The quantitative estimate of drug-likeness (QED) is 0.649. The minimum atomic E-state index is -2.52. The Morgan fingerprint density at radius 1 is 1.00 bits per heavy atom. The van der Waals surface area contributed by atoms with Gasteiger partial charge in [-0.25, -0.2) is 0 Å². The van der Waals surface area contributed by atoms with Crippen LogP contribution in [0.25, 0.3) is 0 Å². The third kappa shape index (κ3) is 2.75. The molecular formula is C8H21NO3Si. The van der Waals surface area contributed by atoms with Crippen LogP contribution in [-0.4, -0.2) is 42.8 Å². The van der Waals surface area contributed by atoms with Gasteiger partial charge in [0.1, 0.15) is 0 Å². The zero-order chi connectivity index (χ0) is 10.5. The third-order valence-corrected chi connectivity index (χ3v) is 5.64. The van der Waals surface area contributed by atoms with Crippen molar-refractivity contribution in [3.63, 3.8) is 0 Å². The molecule has 0 rings (SSSR count). The first-order valence-electron chi connectivity index (χ1n) is 4.40. The van der Waals surface area contributed by atoms with Crippen molar-refractivity contribution < 1.29 is 13.3 Å². The smallest absolute Gasteiger partial charge is 0.376 e. The Morgan fingerprint density at radius 3 is 1.46 bits per heavy atom. The van der Waals surface area contributed by atoms with Gasteiger partial charge in [0.2, 0.25) is 0 Å². The minimum absolute atomic E-state index is 0.132. The lowest BCUT2D eigenvalue weighted by Crippen LogP contribution is -2.61. The summed E-state index contributed by atoms with van der Waals surface area (Å²) in [4.78, 5) is 0. The highest BCUT2D eigenvalue weighted by Gasteiger charge is 2.48. The largest absolute Gasteiger partial charge is 0.518 e. The van der Waals surface area contributed by atoms with Crippen molar-refractivity contribution in [1.29, 1.82) is 0 Å². The predicted molar refractivity (Wildman–Crippen MR) is 54.5 cm³/mol. The lowest BCUT2D eigenvalue weighted by Gasteiger charge is -2.34. The molecule has 0 aliphatic carbocycles. The average molecular weight is 207 g/mol. The van der Waals surface area contributed by atoms with Crippen molar-refractivity contribution in [2.75, 3.05) is 28.4 Å². The van der Waals surface area contributed by atoms with Gasteiger partial charge >= 0.3 is 8.80 Å². The molecule has 0 aromatic heterocycles. The Balaban J connectivity index is 4.65. The fraction of sp³-hybridized carbons (Fsp3) is 1.00. The molecule has 4 nitrogen and oxygen atoms in total. The molecule has 0 radical (unpaired) electrons. The highest BCUT2D eigenvalue weighted by Crippen LogP contribution is 2.17. The Morgan fingerprint density at radius 2 is 1.38 bits per heavy atom. The van der Waals surface area contributed by atoms with Crippen LogP contribution in [0.3, 0.4) is 0 Å². The summed E-state index contributed by atoms with van der Waals surface area (Å²) in [6.45, 7) is 4.22. The average Bonchev–Trinajstić information content (AvgIpc) is 2.13. The molecule has 0 fully saturated rings. The van der Waals surface area contributed by atoms with E-state index >= 15 is 0 Å². The first kappa shape index (κ1) is 13.1. The molecule has 1 N–H and O–H groups in total. The SMILES string of the molecule is CNC(C(C)C)[Si](OC)(OC)OC. The van der Waals surface area contributed by atoms with Gasteiger partial charge in [-0.2, -0.15) is 0 Å². The second kappa shape index (κ2) is 5.72. The van der Waals surface area contributed by atoms with Crippen molar-refractivity contribution in [3.05, 3.63) is 0 Å². The van der Waals surface area contributed by atoms with Crippen LogP contribution in [-0.2, 0) is 13.3 Å². The monoisotopic (exact) mass is 207 g/mol. The van der Waals surface area contributed by atoms with Gasteiger partial charge < -0.3 is 18.6 Å². The second-order valence-corrected chi connectivity index (χ2v) is 6.28. The topological polar surface area (TPSA) is 39.7 Å². The van der Waals surface area contributed by atoms with Gasteiger partial charge in [0.05, 0.1) is 5.67 Å². The van der Waals surface area contributed by atoms with Gasteiger partial charge in [0.25, 0.3) is 0 Å². The molecule has 0 spiro atoms. The molecule has 80 valence electrons. The first-order chi connectivity index (χ1) is 6.07. The maximum absolute atomic E-state index is 5.38. The van der Waals surface area contributed by atoms with Crippen molar-refractivity contribution >= 4 is 8.80 Å². The molecule has 0 saturated carbocycles. The van der Waals surface area contributed by atoms with E-state index < -0.39 is 8.80 Å². The zero-order valence-electron chi connectivity index (χ0n) is 9.38. The highest BCUT2D eigenvalue weighted by atomic mass is 28.4. The van der Waals surface area contributed by atoms with E-state index in [-0.39, 0.29) is 5.67 Å². The molecule has 1 unspecified atom stereocenters. The van der Waals surface area contributed by atoms with E-state index in [4.69, 9.17) is 13.3 Å². The Kier molecular flexibility index (Phi) is 5.74. The van der Waals surface area contributed by atoms with E-state index in [1.807, 2.05) is 7.05 Å². The lowest BCUT2D eigenvalue weighted by atomic mass is 10.2. The van der Waals surface area contributed by atoms with Crippen LogP contribution >= 0.6 is 0 Å². The minimum Gasteiger partial charge on any atom is -0.376 e. The lowest BCUT2D eigenvalue weighted by molar-refractivity contribution is 0.101. The van der Waals surface area contributed by atoms with E-state index in [0.29, 0.717) is 5.92 Å². The van der Waals surface area contributed by atoms with E-state index in [1.165, 1.54) is 0 Å². The molecule has 0 aliphatic heterocycles. The molecule has 0 aromatic carbocycles. The summed E-state index contributed by atoms with van der Waals surface area (Å²) in [7, 11) is 4.26. The fourth-order valence-electron chi connectivity index (χ4n) is 1.55. The van der Waals surface area contributed by atoms with Gasteiger partial charge in [-0.15, -0.1) is 0 Å². The molecule has 0 heterocycles. The van der Waals surface area contributed by atoms with Crippen LogP contribution in [0, 0.1) is 5.92 Å². The molecule has 5 heteroatoms. The number of nitrogens with one attached hydrogen (secondary N) is 1. The van der Waals surface area contributed by atoms with E-state index in [2.05, 4.69) is 19.2 Å². The number of hydrogen-bond acceptors (Lipinski definition) is 4. The molecule has 13 heavy (non-hydrogen) atoms. The zero-order valence-corrected chi connectivity index (χ0v) is 10.4. The van der Waals surface area contributed by atoms with E-state index in [1.54, 1.807) is 21.3 Å². The van der Waals surface area contributed by atoms with Crippen molar-refractivity contribution in [1.82, 2.24) is 5.32 Å². The summed E-state index contributed by atoms with van der Waals surface area (Å²) in [6, 6.07) is 0. The summed E-state index contributed by atoms with van der Waals surface area (Å²) in [5.41, 5.74) is 0.132. The van der Waals surface area contributed by atoms with Crippen LogP contribution in [0.5, 0.6) is 0 Å². The third-order valence-electron chi connectivity index (χ3n) is 2.21. The number of rotatable bonds is 6. The molecule has 1 atom stereocenters. The van der Waals surface area contributed by atoms with Crippen molar-refractivity contribution in [3.8, 4) is 0 Å². The Labute approximate surface area is 81.9 Å². The van der Waals surface area contributed by atoms with Crippen LogP contribution < -0.4 is 5.32 Å². The predicted octanol–water partition coefficient (Wildman–Crippen LogP) is 0.648. The number of hydrogen-bond donors (Lipinski definition) is 1. The maximum Gasteiger partial charge on any atom is 0.518 e. The maximum atomic E-state index is 5.38. The summed E-state index contributed by atoms with van der Waals surface area (Å²) in [6.07, 6.45) is 0. The molecular weight excluding hydrogens is 186 g/mol. The Bertz CT molecular complexity index is 131. The van der Waals surface area contributed by atoms with Gasteiger partial charge in [-0.1, -0.05) is 13.8 Å². The standard InChI is InChI=1S/C8H21NO3Si/c1-7(2)8(9-3)13(10-4,11-5)12-6/h7-9H,1-6H3. The molecule has 0 bridgehead atoms. The normalized spacial score (nSPS) is 15.0. The molecule has 0 aliphatic rings. The Hall–Kier alpha value is 0.0569. The summed E-state index contributed by atoms with van der Waals surface area (Å²) < 4.78 is 16.1. The van der Waals surface area contributed by atoms with Crippen LogP contribution in [0.4, 0.5) is 0 Å². The van der Waals surface area contributed by atoms with Crippen LogP contribution in [0.15, 0.2) is 0 Å². The summed E-state index contributed by atoms with van der Waals surface area (Å²) >= 11 is 0. The summed E-state index contributed by atoms with van der Waals surface area (Å²) in [5.74, 6) is 0.413. The fourth-order valence-corrected chi connectivity index (χ4v) is 3.98. The van der Waals surface area contributed by atoms with Gasteiger partial charge in [0.15, 0.2) is 0 Å². The summed E-state index contributed by atoms with van der Waals surface area (Å²) in [5, 5.41) is 3.18. The highest BCUT2D eigenvalue weighted by molar-refractivity contribution is 6.62. The van der Waals surface area contributed by atoms with Gasteiger partial charge in [0, 0.05) is 21.3 Å². The van der Waals surface area contributed by atoms with Gasteiger partial charge in [-0.05, 0) is 13.0 Å². The van der Waals surface area contributed by atoms with Gasteiger partial charge in [-0.3, -0.25) is 0 Å². The van der Waals surface area contributed by atoms with Crippen molar-refractivity contribution in [2.24, 2.45) is 5.92 Å². The van der Waals surface area contributed by atoms with E-state index in [0.717, 1.165) is 0 Å². The van der Waals surface area contributed by atoms with Crippen LogP contribution in [0.2, 0.25) is 0 Å².